The molecule has 0 radical (unpaired) electrons. The van der Waals surface area contributed by atoms with Crippen molar-refractivity contribution in [3.63, 3.8) is 0 Å². The molecule has 2 heterocycles. The van der Waals surface area contributed by atoms with Crippen molar-refractivity contribution in [2.75, 3.05) is 13.2 Å². The fraction of sp³-hybridized carbons (Fsp3) is 0.0833. The van der Waals surface area contributed by atoms with Gasteiger partial charge in [0.2, 0.25) is 0 Å². The van der Waals surface area contributed by atoms with Crippen LogP contribution < -0.4 is 20.1 Å². The maximum Gasteiger partial charge on any atom is 0.258 e. The highest BCUT2D eigenvalue weighted by molar-refractivity contribution is 6.36. The Morgan fingerprint density at radius 3 is 1.49 bits per heavy atom. The number of nitrogens with one attached hydrogen (secondary N) is 2. The Hall–Kier alpha value is -6.99. The average Bonchev–Trinajstić information content (AvgIpc) is 3.30. The molecule has 15 heteroatoms. The van der Waals surface area contributed by atoms with Crippen LogP contribution in [0.3, 0.4) is 0 Å². The molecule has 8 rings (SSSR count). The second-order valence-electron chi connectivity index (χ2n) is 13.8. The lowest BCUT2D eigenvalue weighted by molar-refractivity contribution is -0.124. The van der Waals surface area contributed by atoms with Crippen molar-refractivity contribution in [3.05, 3.63) is 201 Å². The minimum absolute atomic E-state index is 0.119. The number of nitrogens with zero attached hydrogens (tertiary/aromatic N) is 2. The molecule has 2 amide bonds. The highest BCUT2D eigenvalue weighted by atomic mass is 35.5. The number of hydrogen-bond acceptors (Lipinski definition) is 8. The van der Waals surface area contributed by atoms with Crippen molar-refractivity contribution in [2.45, 2.75) is 12.1 Å². The fourth-order valence-electron chi connectivity index (χ4n) is 6.65. The zero-order valence-electron chi connectivity index (χ0n) is 32.8. The lowest BCUT2D eigenvalue weighted by Gasteiger charge is -2.22. The first-order chi connectivity index (χ1) is 30.5. The number of carbonyl (C=O) groups is 2. The number of benzene rings is 6. The summed E-state index contributed by atoms with van der Waals surface area (Å²) < 4.78 is 38.7. The van der Waals surface area contributed by atoms with E-state index in [1.807, 2.05) is 12.1 Å². The van der Waals surface area contributed by atoms with Gasteiger partial charge in [0.05, 0.1) is 27.2 Å². The first kappa shape index (κ1) is 44.1. The van der Waals surface area contributed by atoms with Gasteiger partial charge < -0.3 is 30.3 Å². The molecule has 0 spiro atoms. The summed E-state index contributed by atoms with van der Waals surface area (Å²) >= 11 is 18.8. The summed E-state index contributed by atoms with van der Waals surface area (Å²) in [6.07, 6.45) is 3.06. The third-order valence-corrected chi connectivity index (χ3v) is 10.5. The summed E-state index contributed by atoms with van der Waals surface area (Å²) in [5, 5.41) is 29.2. The molecule has 2 unspecified atom stereocenters. The van der Waals surface area contributed by atoms with E-state index in [0.717, 1.165) is 0 Å². The van der Waals surface area contributed by atoms with Gasteiger partial charge in [0.25, 0.3) is 11.8 Å². The van der Waals surface area contributed by atoms with Crippen molar-refractivity contribution in [3.8, 4) is 23.0 Å². The molecule has 2 aromatic heterocycles. The van der Waals surface area contributed by atoms with Crippen LogP contribution in [0, 0.1) is 11.6 Å². The Balaban J connectivity index is 0.000000189. The van der Waals surface area contributed by atoms with Gasteiger partial charge in [-0.05, 0) is 96.1 Å². The van der Waals surface area contributed by atoms with E-state index in [1.54, 1.807) is 91.0 Å². The van der Waals surface area contributed by atoms with Gasteiger partial charge in [0.15, 0.2) is 13.2 Å². The van der Waals surface area contributed by atoms with Crippen molar-refractivity contribution < 1.29 is 38.1 Å². The molecule has 318 valence electrons. The maximum absolute atomic E-state index is 13.9. The molecule has 10 nitrogen and oxygen atoms in total. The van der Waals surface area contributed by atoms with Crippen LogP contribution in [0.4, 0.5) is 8.78 Å². The molecule has 4 N–H and O–H groups in total. The Kier molecular flexibility index (Phi) is 14.2. The third-order valence-electron chi connectivity index (χ3n) is 9.61. The summed E-state index contributed by atoms with van der Waals surface area (Å²) in [4.78, 5) is 33.8. The number of pyridine rings is 2. The van der Waals surface area contributed by atoms with E-state index in [2.05, 4.69) is 20.6 Å². The van der Waals surface area contributed by atoms with Crippen molar-refractivity contribution in [2.24, 2.45) is 0 Å². The lowest BCUT2D eigenvalue weighted by atomic mass is 9.96. The molecule has 0 aliphatic heterocycles. The minimum Gasteiger partial charge on any atom is -0.505 e. The Labute approximate surface area is 374 Å². The Morgan fingerprint density at radius 1 is 0.556 bits per heavy atom. The number of phenols is 2. The molecule has 2 atom stereocenters. The second-order valence-corrected chi connectivity index (χ2v) is 15.0. The highest BCUT2D eigenvalue weighted by Gasteiger charge is 2.26. The largest absolute Gasteiger partial charge is 0.505 e. The predicted octanol–water partition coefficient (Wildman–Crippen LogP) is 10.7. The van der Waals surface area contributed by atoms with E-state index in [1.165, 1.54) is 48.8 Å². The quantitative estimate of drug-likeness (QED) is 0.0949. The van der Waals surface area contributed by atoms with Gasteiger partial charge >= 0.3 is 0 Å². The monoisotopic (exact) mass is 906 g/mol. The summed E-state index contributed by atoms with van der Waals surface area (Å²) in [7, 11) is 0. The van der Waals surface area contributed by atoms with Gasteiger partial charge in [-0.3, -0.25) is 19.6 Å². The number of carbonyl (C=O) groups excluding carboxylic acids is 2. The maximum atomic E-state index is 13.9. The van der Waals surface area contributed by atoms with E-state index in [9.17, 15) is 28.6 Å². The number of hydrogen-bond donors (Lipinski definition) is 4. The van der Waals surface area contributed by atoms with E-state index in [0.29, 0.717) is 54.5 Å². The van der Waals surface area contributed by atoms with Crippen LogP contribution in [0.15, 0.2) is 152 Å². The van der Waals surface area contributed by atoms with E-state index < -0.39 is 35.5 Å². The van der Waals surface area contributed by atoms with Crippen LogP contribution in [0.25, 0.3) is 21.8 Å². The van der Waals surface area contributed by atoms with Crippen LogP contribution >= 0.6 is 34.8 Å². The van der Waals surface area contributed by atoms with Crippen LogP contribution in [0.2, 0.25) is 15.1 Å². The lowest BCUT2D eigenvalue weighted by Crippen LogP contribution is -2.33. The van der Waals surface area contributed by atoms with Gasteiger partial charge in [0, 0.05) is 34.3 Å². The number of fused-ring (bicyclic) bond motifs is 2. The fourth-order valence-corrected chi connectivity index (χ4v) is 7.38. The number of rotatable bonds is 12. The van der Waals surface area contributed by atoms with Crippen LogP contribution in [-0.2, 0) is 9.59 Å². The smallest absolute Gasteiger partial charge is 0.258 e. The number of phenolic OH excluding ortho intramolecular Hbond substituents is 2. The molecule has 6 aromatic carbocycles. The van der Waals surface area contributed by atoms with Gasteiger partial charge in [0.1, 0.15) is 45.7 Å². The zero-order valence-corrected chi connectivity index (χ0v) is 35.1. The molecule has 0 saturated carbocycles. The molecule has 63 heavy (non-hydrogen) atoms. The number of amides is 2. The number of ether oxygens (including phenoxy) is 2. The summed E-state index contributed by atoms with van der Waals surface area (Å²) in [5.41, 5.74) is 2.05. The van der Waals surface area contributed by atoms with E-state index in [-0.39, 0.29) is 40.8 Å². The molecular formula is C48H35Cl3F2N4O6. The number of aromatic nitrogens is 2. The molecule has 0 aliphatic carbocycles. The SMILES string of the molecule is O=C(COc1ccccc1)NC(c1ccc(F)c(Cl)c1)c1cc(Cl)c2cccnc2c1O.O=C(COc1ccccc1)NC(c1cccc(F)c1)c1cc(Cl)c2cccnc2c1O. The first-order valence-corrected chi connectivity index (χ1v) is 20.3. The number of halogens is 5. The number of para-hydroxylation sites is 2. The van der Waals surface area contributed by atoms with Gasteiger partial charge in [-0.1, -0.05) is 89.4 Å². The van der Waals surface area contributed by atoms with Crippen molar-refractivity contribution >= 4 is 68.4 Å². The van der Waals surface area contributed by atoms with Gasteiger partial charge in [-0.2, -0.15) is 0 Å². The van der Waals surface area contributed by atoms with Crippen LogP contribution in [0.1, 0.15) is 34.3 Å². The van der Waals surface area contributed by atoms with Crippen LogP contribution in [-0.4, -0.2) is 45.2 Å². The van der Waals surface area contributed by atoms with E-state index in [4.69, 9.17) is 44.3 Å². The Morgan fingerprint density at radius 2 is 1.03 bits per heavy atom. The first-order valence-electron chi connectivity index (χ1n) is 19.1. The molecule has 0 bridgehead atoms. The van der Waals surface area contributed by atoms with Gasteiger partial charge in [-0.15, -0.1) is 0 Å². The predicted molar refractivity (Wildman–Crippen MR) is 238 cm³/mol. The molecule has 8 aromatic rings. The third kappa shape index (κ3) is 10.7. The molecule has 0 fully saturated rings. The average molecular weight is 908 g/mol. The standard InChI is InChI=1S/C24H17Cl2FN2O3.C24H18ClFN2O3/c25-18-12-17(24(31)23-16(18)7-4-10-28-23)22(14-8-9-20(27)19(26)11-14)29-21(30)13-32-15-5-2-1-3-6-15;25-20-13-19(24(30)23-18(20)10-5-11-27-23)22(15-6-4-7-16(26)12-15)28-21(29)14-31-17-8-2-1-3-9-17/h1-12,22,31H,13H2,(H,29,30);1-13,22,30H,14H2,(H,28,29). The second kappa shape index (κ2) is 20.3. The van der Waals surface area contributed by atoms with Crippen molar-refractivity contribution in [1.29, 1.82) is 0 Å². The topological polar surface area (TPSA) is 143 Å². The van der Waals surface area contributed by atoms with E-state index >= 15 is 0 Å². The highest BCUT2D eigenvalue weighted by Crippen LogP contribution is 2.40. The summed E-state index contributed by atoms with van der Waals surface area (Å²) in [6, 6.07) is 35.8. The zero-order chi connectivity index (χ0) is 44.5. The normalized spacial score (nSPS) is 11.8. The molecule has 0 aliphatic rings. The van der Waals surface area contributed by atoms with Gasteiger partial charge in [-0.25, -0.2) is 8.78 Å². The summed E-state index contributed by atoms with van der Waals surface area (Å²) in [5.74, 6) is -1.20. The molecule has 0 saturated heterocycles. The van der Waals surface area contributed by atoms with Crippen LogP contribution in [0.5, 0.6) is 23.0 Å². The minimum atomic E-state index is -0.885. The Bertz CT molecular complexity index is 2910. The summed E-state index contributed by atoms with van der Waals surface area (Å²) in [6.45, 7) is -0.522. The number of aromatic hydroxyl groups is 2. The molecular weight excluding hydrogens is 873 g/mol. The van der Waals surface area contributed by atoms with Crippen molar-refractivity contribution in [1.82, 2.24) is 20.6 Å².